The van der Waals surface area contributed by atoms with E-state index in [1.54, 1.807) is 25.4 Å². The number of carbonyl (C=O) groups is 1. The molecule has 132 valence electrons. The Bertz CT molecular complexity index is 833. The Morgan fingerprint density at radius 3 is 2.80 bits per heavy atom. The highest BCUT2D eigenvalue weighted by Crippen LogP contribution is 2.28. The Morgan fingerprint density at radius 2 is 2.00 bits per heavy atom. The van der Waals surface area contributed by atoms with Crippen molar-refractivity contribution in [3.63, 3.8) is 0 Å². The Labute approximate surface area is 151 Å². The van der Waals surface area contributed by atoms with Gasteiger partial charge in [-0.2, -0.15) is 0 Å². The van der Waals surface area contributed by atoms with Crippen LogP contribution in [-0.2, 0) is 20.0 Å². The highest BCUT2D eigenvalue weighted by molar-refractivity contribution is 7.10. The van der Waals surface area contributed by atoms with E-state index in [4.69, 9.17) is 0 Å². The summed E-state index contributed by atoms with van der Waals surface area (Å²) in [5.74, 6) is -0.126. The van der Waals surface area contributed by atoms with Crippen LogP contribution in [0, 0.1) is 0 Å². The van der Waals surface area contributed by atoms with Crippen molar-refractivity contribution in [1.29, 1.82) is 0 Å². The first-order valence-electron chi connectivity index (χ1n) is 8.87. The number of fused-ring (bicyclic) bond motifs is 1. The van der Waals surface area contributed by atoms with Crippen LogP contribution in [0.2, 0.25) is 0 Å². The molecule has 0 N–H and O–H groups in total. The molecular formula is C19H23N3O2S. The molecule has 1 saturated heterocycles. The number of pyridine rings is 1. The average molecular weight is 357 g/mol. The fourth-order valence-electron chi connectivity index (χ4n) is 3.95. The molecule has 1 fully saturated rings. The molecule has 6 heteroatoms. The number of amides is 1. The van der Waals surface area contributed by atoms with Crippen LogP contribution in [0.25, 0.3) is 0 Å². The van der Waals surface area contributed by atoms with Gasteiger partial charge in [0.2, 0.25) is 0 Å². The number of hydrogen-bond donors (Lipinski definition) is 0. The van der Waals surface area contributed by atoms with Gasteiger partial charge in [0.1, 0.15) is 5.56 Å². The number of aromatic nitrogens is 1. The second-order valence-electron chi connectivity index (χ2n) is 6.95. The van der Waals surface area contributed by atoms with Crippen molar-refractivity contribution in [1.82, 2.24) is 14.4 Å². The number of hydrogen-bond acceptors (Lipinski definition) is 4. The van der Waals surface area contributed by atoms with Gasteiger partial charge in [-0.3, -0.25) is 14.5 Å². The molecule has 2 aliphatic heterocycles. The fraction of sp³-hybridized carbons (Fsp3) is 0.474. The van der Waals surface area contributed by atoms with Crippen LogP contribution in [0.5, 0.6) is 0 Å². The molecule has 0 radical (unpaired) electrons. The molecule has 0 saturated carbocycles. The number of piperidine rings is 1. The minimum absolute atomic E-state index is 0.126. The van der Waals surface area contributed by atoms with Crippen molar-refractivity contribution in [3.05, 3.63) is 56.1 Å². The summed E-state index contributed by atoms with van der Waals surface area (Å²) in [4.78, 5) is 30.8. The van der Waals surface area contributed by atoms with Gasteiger partial charge in [-0.05, 0) is 48.4 Å². The molecule has 0 aliphatic carbocycles. The van der Waals surface area contributed by atoms with Crippen LogP contribution in [0.1, 0.15) is 33.6 Å². The topological polar surface area (TPSA) is 45.6 Å². The van der Waals surface area contributed by atoms with Crippen LogP contribution < -0.4 is 5.56 Å². The first-order valence-corrected chi connectivity index (χ1v) is 9.75. The minimum atomic E-state index is -0.212. The molecule has 2 aromatic heterocycles. The smallest absolute Gasteiger partial charge is 0.263 e. The Kier molecular flexibility index (Phi) is 4.48. The standard InChI is InChI=1S/C19H23N3O2S/c1-20-8-2-3-16(18(20)23)19(24)21-9-4-15(5-10-21)22-11-6-17-14(13-22)7-12-25-17/h2-3,7-8,12,15H,4-6,9-11,13H2,1H3. The number of carbonyl (C=O) groups excluding carboxylic acids is 1. The molecule has 0 unspecified atom stereocenters. The highest BCUT2D eigenvalue weighted by atomic mass is 32.1. The maximum atomic E-state index is 12.7. The van der Waals surface area contributed by atoms with E-state index < -0.39 is 0 Å². The summed E-state index contributed by atoms with van der Waals surface area (Å²) in [6, 6.07) is 6.18. The summed E-state index contributed by atoms with van der Waals surface area (Å²) in [6.45, 7) is 3.62. The third kappa shape index (κ3) is 3.16. The minimum Gasteiger partial charge on any atom is -0.338 e. The SMILES string of the molecule is Cn1cccc(C(=O)N2CCC(N3CCc4sccc4C3)CC2)c1=O. The van der Waals surface area contributed by atoms with Gasteiger partial charge in [0.05, 0.1) is 0 Å². The van der Waals surface area contributed by atoms with Crippen molar-refractivity contribution >= 4 is 17.2 Å². The zero-order valence-corrected chi connectivity index (χ0v) is 15.3. The number of rotatable bonds is 2. The summed E-state index contributed by atoms with van der Waals surface area (Å²) in [5, 5.41) is 2.19. The molecule has 0 spiro atoms. The molecule has 1 amide bonds. The predicted molar refractivity (Wildman–Crippen MR) is 99.0 cm³/mol. The summed E-state index contributed by atoms with van der Waals surface area (Å²) in [5.41, 5.74) is 1.54. The fourth-order valence-corrected chi connectivity index (χ4v) is 4.84. The number of nitrogens with zero attached hydrogens (tertiary/aromatic N) is 3. The maximum absolute atomic E-state index is 12.7. The lowest BCUT2D eigenvalue weighted by Crippen LogP contribution is -2.48. The van der Waals surface area contributed by atoms with Gasteiger partial charge in [0.15, 0.2) is 0 Å². The predicted octanol–water partition coefficient (Wildman–Crippen LogP) is 2.11. The molecular weight excluding hydrogens is 334 g/mol. The summed E-state index contributed by atoms with van der Waals surface area (Å²) in [6.07, 6.45) is 4.79. The van der Waals surface area contributed by atoms with Crippen LogP contribution >= 0.6 is 11.3 Å². The van der Waals surface area contributed by atoms with E-state index >= 15 is 0 Å². The molecule has 2 aliphatic rings. The normalized spacial score (nSPS) is 19.0. The zero-order chi connectivity index (χ0) is 17.4. The number of likely N-dealkylation sites (tertiary alicyclic amines) is 1. The average Bonchev–Trinajstić information content (AvgIpc) is 3.11. The lowest BCUT2D eigenvalue weighted by atomic mass is 9.99. The quantitative estimate of drug-likeness (QED) is 0.827. The van der Waals surface area contributed by atoms with Crippen LogP contribution in [0.3, 0.4) is 0 Å². The molecule has 4 heterocycles. The second kappa shape index (κ2) is 6.77. The van der Waals surface area contributed by atoms with Crippen molar-refractivity contribution in [2.75, 3.05) is 19.6 Å². The largest absolute Gasteiger partial charge is 0.338 e. The maximum Gasteiger partial charge on any atom is 0.263 e. The Hall–Kier alpha value is -1.92. The van der Waals surface area contributed by atoms with Gasteiger partial charge in [-0.15, -0.1) is 11.3 Å². The first kappa shape index (κ1) is 16.5. The van der Waals surface area contributed by atoms with Crippen LogP contribution in [-0.4, -0.2) is 46.0 Å². The van der Waals surface area contributed by atoms with Crippen LogP contribution in [0.4, 0.5) is 0 Å². The van der Waals surface area contributed by atoms with E-state index in [-0.39, 0.29) is 17.0 Å². The van der Waals surface area contributed by atoms with Crippen molar-refractivity contribution in [3.8, 4) is 0 Å². The highest BCUT2D eigenvalue weighted by Gasteiger charge is 2.30. The number of thiophene rings is 1. The van der Waals surface area contributed by atoms with Gasteiger partial charge in [0, 0.05) is 50.3 Å². The van der Waals surface area contributed by atoms with Gasteiger partial charge in [-0.1, -0.05) is 0 Å². The van der Waals surface area contributed by atoms with E-state index in [9.17, 15) is 9.59 Å². The molecule has 25 heavy (non-hydrogen) atoms. The number of aryl methyl sites for hydroxylation is 1. The van der Waals surface area contributed by atoms with E-state index in [2.05, 4.69) is 16.3 Å². The monoisotopic (exact) mass is 357 g/mol. The van der Waals surface area contributed by atoms with E-state index in [0.717, 1.165) is 45.4 Å². The molecule has 4 rings (SSSR count). The summed E-state index contributed by atoms with van der Waals surface area (Å²) < 4.78 is 1.46. The van der Waals surface area contributed by atoms with Gasteiger partial charge in [0.25, 0.3) is 11.5 Å². The van der Waals surface area contributed by atoms with Gasteiger partial charge >= 0.3 is 0 Å². The van der Waals surface area contributed by atoms with E-state index in [1.807, 2.05) is 16.2 Å². The molecule has 2 aromatic rings. The lowest BCUT2D eigenvalue weighted by Gasteiger charge is -2.40. The van der Waals surface area contributed by atoms with Gasteiger partial charge < -0.3 is 9.47 Å². The third-order valence-electron chi connectivity index (χ3n) is 5.46. The third-order valence-corrected chi connectivity index (χ3v) is 6.48. The second-order valence-corrected chi connectivity index (χ2v) is 7.95. The molecule has 0 aromatic carbocycles. The lowest BCUT2D eigenvalue weighted by molar-refractivity contribution is 0.0598. The van der Waals surface area contributed by atoms with Crippen molar-refractivity contribution in [2.24, 2.45) is 7.05 Å². The zero-order valence-electron chi connectivity index (χ0n) is 14.5. The van der Waals surface area contributed by atoms with E-state index in [0.29, 0.717) is 6.04 Å². The van der Waals surface area contributed by atoms with Gasteiger partial charge in [-0.25, -0.2) is 0 Å². The van der Waals surface area contributed by atoms with Crippen molar-refractivity contribution in [2.45, 2.75) is 31.8 Å². The Morgan fingerprint density at radius 1 is 1.20 bits per heavy atom. The first-order chi connectivity index (χ1) is 12.1. The molecule has 5 nitrogen and oxygen atoms in total. The molecule has 0 atom stereocenters. The summed E-state index contributed by atoms with van der Waals surface area (Å²) in [7, 11) is 1.68. The molecule has 0 bridgehead atoms. The van der Waals surface area contributed by atoms with E-state index in [1.165, 1.54) is 15.0 Å². The van der Waals surface area contributed by atoms with Crippen molar-refractivity contribution < 1.29 is 4.79 Å². The summed E-state index contributed by atoms with van der Waals surface area (Å²) >= 11 is 1.87. The Balaban J connectivity index is 1.39. The van der Waals surface area contributed by atoms with Crippen LogP contribution in [0.15, 0.2) is 34.6 Å².